The van der Waals surface area contributed by atoms with Crippen LogP contribution in [0.4, 0.5) is 0 Å². The maximum Gasteiger partial charge on any atom is 0.223 e. The lowest BCUT2D eigenvalue weighted by atomic mass is 10.1. The van der Waals surface area contributed by atoms with Gasteiger partial charge in [-0.1, -0.05) is 18.1 Å². The van der Waals surface area contributed by atoms with Crippen molar-refractivity contribution in [1.29, 1.82) is 0 Å². The summed E-state index contributed by atoms with van der Waals surface area (Å²) < 4.78 is 6.92. The number of aromatic nitrogens is 4. The van der Waals surface area contributed by atoms with Gasteiger partial charge < -0.3 is 9.64 Å². The third-order valence-corrected chi connectivity index (χ3v) is 5.23. The lowest BCUT2D eigenvalue weighted by molar-refractivity contribution is -0.129. The molecule has 1 saturated heterocycles. The summed E-state index contributed by atoms with van der Waals surface area (Å²) in [5.74, 6) is 1.20. The Hall–Kier alpha value is -2.44. The summed E-state index contributed by atoms with van der Waals surface area (Å²) in [6.45, 7) is 1.58. The van der Waals surface area contributed by atoms with Gasteiger partial charge >= 0.3 is 0 Å². The van der Waals surface area contributed by atoms with E-state index in [1.165, 1.54) is 12.8 Å². The highest BCUT2D eigenvalue weighted by molar-refractivity contribution is 5.79. The zero-order valence-corrected chi connectivity index (χ0v) is 14.5. The summed E-state index contributed by atoms with van der Waals surface area (Å²) in [4.78, 5) is 18.6. The van der Waals surface area contributed by atoms with Crippen molar-refractivity contribution in [3.05, 3.63) is 24.5 Å². The number of methoxy groups -OCH3 is 1. The van der Waals surface area contributed by atoms with Crippen LogP contribution >= 0.6 is 0 Å². The molecule has 2 aromatic heterocycles. The molecule has 132 valence electrons. The lowest BCUT2D eigenvalue weighted by Gasteiger charge is -2.24. The number of hydrogen-bond acceptors (Lipinski definition) is 5. The summed E-state index contributed by atoms with van der Waals surface area (Å²) in [6.07, 6.45) is 9.10. The van der Waals surface area contributed by atoms with Crippen LogP contribution in [0.2, 0.25) is 0 Å². The standard InChI is InChI=1S/C18H23N5O2/c1-25-17-7-6-14(9-19-17)16-12-22(21-20-16)10-13-8-18(24)23(11-13)15-4-2-3-5-15/h6-7,9,12-13,15H,2-5,8,10-11H2,1H3/t13-/m1/s1. The molecule has 0 aromatic carbocycles. The first-order valence-electron chi connectivity index (χ1n) is 8.93. The number of pyridine rings is 1. The van der Waals surface area contributed by atoms with Crippen molar-refractivity contribution in [3.63, 3.8) is 0 Å². The average Bonchev–Trinajstić information content (AvgIpc) is 3.36. The highest BCUT2D eigenvalue weighted by Gasteiger charge is 2.35. The van der Waals surface area contributed by atoms with Gasteiger partial charge in [0.2, 0.25) is 11.8 Å². The third-order valence-electron chi connectivity index (χ3n) is 5.23. The van der Waals surface area contributed by atoms with Crippen LogP contribution in [-0.2, 0) is 11.3 Å². The van der Waals surface area contributed by atoms with Gasteiger partial charge in [0.05, 0.1) is 13.3 Å². The third kappa shape index (κ3) is 3.36. The molecule has 1 atom stereocenters. The number of carbonyl (C=O) groups is 1. The van der Waals surface area contributed by atoms with Gasteiger partial charge in [-0.2, -0.15) is 0 Å². The molecule has 7 nitrogen and oxygen atoms in total. The molecule has 1 aliphatic heterocycles. The lowest BCUT2D eigenvalue weighted by Crippen LogP contribution is -2.34. The number of carbonyl (C=O) groups excluding carboxylic acids is 1. The first-order valence-corrected chi connectivity index (χ1v) is 8.93. The van der Waals surface area contributed by atoms with Crippen molar-refractivity contribution in [2.45, 2.75) is 44.7 Å². The Bertz CT molecular complexity index is 736. The second kappa shape index (κ2) is 6.82. The second-order valence-electron chi connectivity index (χ2n) is 6.97. The highest BCUT2D eigenvalue weighted by Crippen LogP contribution is 2.30. The van der Waals surface area contributed by atoms with E-state index in [2.05, 4.69) is 20.2 Å². The van der Waals surface area contributed by atoms with Crippen LogP contribution in [0.5, 0.6) is 5.88 Å². The van der Waals surface area contributed by atoms with Gasteiger partial charge in [-0.3, -0.25) is 9.48 Å². The van der Waals surface area contributed by atoms with Crippen molar-refractivity contribution >= 4 is 5.91 Å². The number of ether oxygens (including phenoxy) is 1. The number of rotatable bonds is 5. The Morgan fingerprint density at radius 3 is 2.84 bits per heavy atom. The molecule has 0 N–H and O–H groups in total. The fraction of sp³-hybridized carbons (Fsp3) is 0.556. The summed E-state index contributed by atoms with van der Waals surface area (Å²) in [7, 11) is 1.59. The van der Waals surface area contributed by atoms with E-state index in [9.17, 15) is 4.79 Å². The first kappa shape index (κ1) is 16.1. The fourth-order valence-corrected chi connectivity index (χ4v) is 3.94. The molecular weight excluding hydrogens is 318 g/mol. The van der Waals surface area contributed by atoms with E-state index >= 15 is 0 Å². The van der Waals surface area contributed by atoms with Crippen LogP contribution in [0.3, 0.4) is 0 Å². The van der Waals surface area contributed by atoms with Gasteiger partial charge in [-0.25, -0.2) is 4.98 Å². The van der Waals surface area contributed by atoms with Crippen molar-refractivity contribution in [3.8, 4) is 17.1 Å². The van der Waals surface area contributed by atoms with E-state index < -0.39 is 0 Å². The van der Waals surface area contributed by atoms with Crippen molar-refractivity contribution < 1.29 is 9.53 Å². The molecule has 0 unspecified atom stereocenters. The maximum atomic E-state index is 12.3. The van der Waals surface area contributed by atoms with Crippen LogP contribution < -0.4 is 4.74 Å². The van der Waals surface area contributed by atoms with Crippen LogP contribution in [0.15, 0.2) is 24.5 Å². The minimum absolute atomic E-state index is 0.302. The summed E-state index contributed by atoms with van der Waals surface area (Å²) in [6, 6.07) is 4.19. The molecule has 2 fully saturated rings. The van der Waals surface area contributed by atoms with Gasteiger partial charge in [0.25, 0.3) is 0 Å². The zero-order chi connectivity index (χ0) is 17.2. The largest absolute Gasteiger partial charge is 0.481 e. The minimum Gasteiger partial charge on any atom is -0.481 e. The number of nitrogens with zero attached hydrogens (tertiary/aromatic N) is 5. The molecule has 2 aromatic rings. The Labute approximate surface area is 147 Å². The van der Waals surface area contributed by atoms with E-state index in [0.717, 1.165) is 37.2 Å². The normalized spacial score (nSPS) is 21.2. The quantitative estimate of drug-likeness (QED) is 0.833. The Morgan fingerprint density at radius 1 is 1.28 bits per heavy atom. The highest BCUT2D eigenvalue weighted by atomic mass is 16.5. The molecule has 3 heterocycles. The molecule has 7 heteroatoms. The van der Waals surface area contributed by atoms with E-state index in [1.54, 1.807) is 13.3 Å². The minimum atomic E-state index is 0.302. The smallest absolute Gasteiger partial charge is 0.223 e. The van der Waals surface area contributed by atoms with E-state index in [-0.39, 0.29) is 0 Å². The fourth-order valence-electron chi connectivity index (χ4n) is 3.94. The second-order valence-corrected chi connectivity index (χ2v) is 6.97. The number of hydrogen-bond donors (Lipinski definition) is 0. The van der Waals surface area contributed by atoms with E-state index in [0.29, 0.717) is 30.2 Å². The van der Waals surface area contributed by atoms with Crippen LogP contribution in [0.1, 0.15) is 32.1 Å². The van der Waals surface area contributed by atoms with Crippen LogP contribution in [0, 0.1) is 5.92 Å². The molecule has 25 heavy (non-hydrogen) atoms. The van der Waals surface area contributed by atoms with Crippen LogP contribution in [-0.4, -0.2) is 50.5 Å². The Balaban J connectivity index is 1.40. The van der Waals surface area contributed by atoms with E-state index in [1.807, 2.05) is 23.0 Å². The van der Waals surface area contributed by atoms with Gasteiger partial charge in [-0.05, 0) is 18.9 Å². The molecule has 1 amide bonds. The van der Waals surface area contributed by atoms with Gasteiger partial charge in [0.1, 0.15) is 5.69 Å². The molecular formula is C18H23N5O2. The molecule has 0 bridgehead atoms. The van der Waals surface area contributed by atoms with Gasteiger partial charge in [-0.15, -0.1) is 5.10 Å². The Kier molecular flexibility index (Phi) is 4.38. The number of amides is 1. The summed E-state index contributed by atoms with van der Waals surface area (Å²) >= 11 is 0. The molecule has 1 saturated carbocycles. The zero-order valence-electron chi connectivity index (χ0n) is 14.5. The molecule has 1 aliphatic carbocycles. The predicted octanol–water partition coefficient (Wildman–Crippen LogP) is 2.14. The van der Waals surface area contributed by atoms with Gasteiger partial charge in [0, 0.05) is 49.3 Å². The Morgan fingerprint density at radius 2 is 2.12 bits per heavy atom. The molecule has 0 spiro atoms. The van der Waals surface area contributed by atoms with E-state index in [4.69, 9.17) is 4.74 Å². The van der Waals surface area contributed by atoms with Crippen molar-refractivity contribution in [1.82, 2.24) is 24.9 Å². The van der Waals surface area contributed by atoms with Crippen molar-refractivity contribution in [2.75, 3.05) is 13.7 Å². The average molecular weight is 341 g/mol. The predicted molar refractivity (Wildman–Crippen MR) is 91.9 cm³/mol. The number of likely N-dealkylation sites (tertiary alicyclic amines) is 1. The topological polar surface area (TPSA) is 73.1 Å². The maximum absolute atomic E-state index is 12.3. The van der Waals surface area contributed by atoms with Crippen molar-refractivity contribution in [2.24, 2.45) is 5.92 Å². The summed E-state index contributed by atoms with van der Waals surface area (Å²) in [5.41, 5.74) is 1.69. The molecule has 2 aliphatic rings. The van der Waals surface area contributed by atoms with Gasteiger partial charge in [0.15, 0.2) is 0 Å². The summed E-state index contributed by atoms with van der Waals surface area (Å²) in [5, 5.41) is 8.46. The first-order chi connectivity index (χ1) is 12.2. The SMILES string of the molecule is COc1ccc(-c2cn(C[C@H]3CC(=O)N(C4CCCC4)C3)nn2)cn1. The molecule has 0 radical (unpaired) electrons. The molecule has 4 rings (SSSR count). The van der Waals surface area contributed by atoms with Crippen LogP contribution in [0.25, 0.3) is 11.3 Å². The monoisotopic (exact) mass is 341 g/mol.